The van der Waals surface area contributed by atoms with E-state index in [1.165, 1.54) is 11.8 Å². The molecule has 0 aromatic carbocycles. The van der Waals surface area contributed by atoms with E-state index >= 15 is 0 Å². The smallest absolute Gasteiger partial charge is 0.225 e. The molecular formula is C8H12ClN3O. The van der Waals surface area contributed by atoms with E-state index < -0.39 is 0 Å². The lowest BCUT2D eigenvalue weighted by Gasteiger charge is -2.13. The van der Waals surface area contributed by atoms with Crippen molar-refractivity contribution < 1.29 is 4.79 Å². The number of nitrogens with zero attached hydrogens (tertiary/aromatic N) is 3. The summed E-state index contributed by atoms with van der Waals surface area (Å²) in [5, 5.41) is 0.558. The summed E-state index contributed by atoms with van der Waals surface area (Å²) < 4.78 is 1.68. The van der Waals surface area contributed by atoms with E-state index in [0.29, 0.717) is 11.1 Å². The highest BCUT2D eigenvalue weighted by molar-refractivity contribution is 6.30. The maximum atomic E-state index is 11.0. The molecule has 72 valence electrons. The van der Waals surface area contributed by atoms with Gasteiger partial charge < -0.3 is 4.57 Å². The van der Waals surface area contributed by atoms with Crippen molar-refractivity contribution in [2.45, 2.75) is 13.8 Å². The molecule has 1 aromatic rings. The average molecular weight is 202 g/mol. The van der Waals surface area contributed by atoms with Crippen molar-refractivity contribution in [3.8, 4) is 0 Å². The molecule has 0 fully saturated rings. The van der Waals surface area contributed by atoms with Crippen molar-refractivity contribution >= 4 is 23.5 Å². The van der Waals surface area contributed by atoms with Crippen LogP contribution < -0.4 is 4.90 Å². The number of amides is 1. The Morgan fingerprint density at radius 1 is 1.62 bits per heavy atom. The summed E-state index contributed by atoms with van der Waals surface area (Å²) in [6, 6.07) is 0. The van der Waals surface area contributed by atoms with Gasteiger partial charge in [-0.15, -0.1) is 0 Å². The molecular weight excluding hydrogens is 190 g/mol. The van der Waals surface area contributed by atoms with Crippen LogP contribution in [0.5, 0.6) is 0 Å². The molecule has 0 aliphatic rings. The average Bonchev–Trinajstić information content (AvgIpc) is 2.31. The second-order valence-corrected chi connectivity index (χ2v) is 3.28. The normalized spacial score (nSPS) is 10.2. The maximum Gasteiger partial charge on any atom is 0.225 e. The zero-order valence-corrected chi connectivity index (χ0v) is 8.88. The third-order valence-corrected chi connectivity index (χ3v) is 2.46. The summed E-state index contributed by atoms with van der Waals surface area (Å²) in [7, 11) is 3.44. The number of hydrogen-bond donors (Lipinski definition) is 0. The SMILES string of the molecule is CC(=O)N(C)c1nc(C)c(Cl)n1C. The van der Waals surface area contributed by atoms with Crippen LogP contribution in [0.4, 0.5) is 5.95 Å². The molecule has 0 saturated carbocycles. The summed E-state index contributed by atoms with van der Waals surface area (Å²) in [4.78, 5) is 16.7. The summed E-state index contributed by atoms with van der Waals surface area (Å²) in [5.41, 5.74) is 0.729. The second kappa shape index (κ2) is 3.38. The van der Waals surface area contributed by atoms with Crippen LogP contribution in [0.2, 0.25) is 5.15 Å². The van der Waals surface area contributed by atoms with Crippen LogP contribution in [0.25, 0.3) is 0 Å². The van der Waals surface area contributed by atoms with E-state index in [4.69, 9.17) is 11.6 Å². The number of carbonyl (C=O) groups excluding carboxylic acids is 1. The molecule has 0 unspecified atom stereocenters. The van der Waals surface area contributed by atoms with E-state index in [2.05, 4.69) is 4.98 Å². The molecule has 1 amide bonds. The van der Waals surface area contributed by atoms with Gasteiger partial charge in [-0.3, -0.25) is 9.69 Å². The van der Waals surface area contributed by atoms with Gasteiger partial charge in [0, 0.05) is 21.0 Å². The van der Waals surface area contributed by atoms with Gasteiger partial charge in [-0.05, 0) is 6.92 Å². The van der Waals surface area contributed by atoms with Crippen LogP contribution in [0.3, 0.4) is 0 Å². The molecule has 0 bridgehead atoms. The molecule has 4 nitrogen and oxygen atoms in total. The van der Waals surface area contributed by atoms with Crippen LogP contribution in [-0.2, 0) is 11.8 Å². The van der Waals surface area contributed by atoms with Crippen molar-refractivity contribution in [3.05, 3.63) is 10.8 Å². The largest absolute Gasteiger partial charge is 0.304 e. The standard InChI is InChI=1S/C8H12ClN3O/c1-5-7(9)12(4)8(10-5)11(3)6(2)13/h1-4H3. The van der Waals surface area contributed by atoms with Crippen molar-refractivity contribution in [3.63, 3.8) is 0 Å². The first-order valence-electron chi connectivity index (χ1n) is 3.88. The first-order valence-corrected chi connectivity index (χ1v) is 4.26. The van der Waals surface area contributed by atoms with Gasteiger partial charge in [-0.2, -0.15) is 0 Å². The Labute approximate surface area is 82.1 Å². The number of aromatic nitrogens is 2. The van der Waals surface area contributed by atoms with Crippen LogP contribution in [0.1, 0.15) is 12.6 Å². The van der Waals surface area contributed by atoms with Gasteiger partial charge in [0.15, 0.2) is 0 Å². The van der Waals surface area contributed by atoms with Gasteiger partial charge in [-0.25, -0.2) is 4.98 Å². The number of rotatable bonds is 1. The summed E-state index contributed by atoms with van der Waals surface area (Å²) in [5.74, 6) is 0.500. The molecule has 0 N–H and O–H groups in total. The van der Waals surface area contributed by atoms with Gasteiger partial charge in [0.2, 0.25) is 11.9 Å². The predicted molar refractivity (Wildman–Crippen MR) is 52.0 cm³/mol. The van der Waals surface area contributed by atoms with E-state index in [1.807, 2.05) is 0 Å². The van der Waals surface area contributed by atoms with Crippen LogP contribution in [-0.4, -0.2) is 22.5 Å². The highest BCUT2D eigenvalue weighted by Gasteiger charge is 2.15. The molecule has 0 atom stereocenters. The van der Waals surface area contributed by atoms with Crippen LogP contribution in [0.15, 0.2) is 0 Å². The molecule has 5 heteroatoms. The third kappa shape index (κ3) is 1.67. The van der Waals surface area contributed by atoms with Crippen LogP contribution >= 0.6 is 11.6 Å². The van der Waals surface area contributed by atoms with Gasteiger partial charge in [0.1, 0.15) is 5.15 Å². The predicted octanol–water partition coefficient (Wildman–Crippen LogP) is 1.36. The fourth-order valence-corrected chi connectivity index (χ4v) is 1.16. The zero-order valence-electron chi connectivity index (χ0n) is 8.13. The van der Waals surface area contributed by atoms with Crippen LogP contribution in [0, 0.1) is 6.92 Å². The Hall–Kier alpha value is -1.03. The van der Waals surface area contributed by atoms with Crippen molar-refractivity contribution in [1.29, 1.82) is 0 Å². The van der Waals surface area contributed by atoms with E-state index in [1.54, 1.807) is 25.6 Å². The van der Waals surface area contributed by atoms with Gasteiger partial charge in [-0.1, -0.05) is 11.6 Å². The molecule has 1 heterocycles. The van der Waals surface area contributed by atoms with Crippen molar-refractivity contribution in [2.24, 2.45) is 7.05 Å². The summed E-state index contributed by atoms with van der Waals surface area (Å²) in [6.07, 6.45) is 0. The Balaban J connectivity index is 3.15. The molecule has 0 spiro atoms. The first kappa shape index (κ1) is 10.1. The summed E-state index contributed by atoms with van der Waals surface area (Å²) in [6.45, 7) is 3.29. The molecule has 1 rings (SSSR count). The summed E-state index contributed by atoms with van der Waals surface area (Å²) >= 11 is 5.91. The number of imidazole rings is 1. The Kier molecular flexibility index (Phi) is 2.61. The maximum absolute atomic E-state index is 11.0. The number of halogens is 1. The minimum absolute atomic E-state index is 0.0650. The van der Waals surface area contributed by atoms with E-state index in [0.717, 1.165) is 5.69 Å². The highest BCUT2D eigenvalue weighted by atomic mass is 35.5. The minimum atomic E-state index is -0.0650. The van der Waals surface area contributed by atoms with Crippen molar-refractivity contribution in [1.82, 2.24) is 9.55 Å². The Morgan fingerprint density at radius 2 is 2.15 bits per heavy atom. The topological polar surface area (TPSA) is 38.1 Å². The van der Waals surface area contributed by atoms with Gasteiger partial charge in [0.25, 0.3) is 0 Å². The number of anilines is 1. The number of hydrogen-bond acceptors (Lipinski definition) is 2. The molecule has 13 heavy (non-hydrogen) atoms. The van der Waals surface area contributed by atoms with Gasteiger partial charge >= 0.3 is 0 Å². The molecule has 0 radical (unpaired) electrons. The molecule has 0 aliphatic heterocycles. The van der Waals surface area contributed by atoms with Crippen molar-refractivity contribution in [2.75, 3.05) is 11.9 Å². The Bertz CT molecular complexity index is 345. The third-order valence-electron chi connectivity index (χ3n) is 1.93. The fourth-order valence-electron chi connectivity index (χ4n) is 1.04. The lowest BCUT2D eigenvalue weighted by molar-refractivity contribution is -0.116. The van der Waals surface area contributed by atoms with E-state index in [9.17, 15) is 4.79 Å². The molecule has 0 aliphatic carbocycles. The second-order valence-electron chi connectivity index (χ2n) is 2.93. The van der Waals surface area contributed by atoms with Gasteiger partial charge in [0.05, 0.1) is 5.69 Å². The van der Waals surface area contributed by atoms with E-state index in [-0.39, 0.29) is 5.91 Å². The number of carbonyl (C=O) groups is 1. The zero-order chi connectivity index (χ0) is 10.2. The lowest BCUT2D eigenvalue weighted by Crippen LogP contribution is -2.25. The lowest BCUT2D eigenvalue weighted by atomic mass is 10.6. The number of aryl methyl sites for hydroxylation is 1. The quantitative estimate of drug-likeness (QED) is 0.688. The minimum Gasteiger partial charge on any atom is -0.304 e. The highest BCUT2D eigenvalue weighted by Crippen LogP contribution is 2.20. The Morgan fingerprint density at radius 3 is 2.46 bits per heavy atom. The molecule has 0 saturated heterocycles. The first-order chi connectivity index (χ1) is 5.95. The monoisotopic (exact) mass is 201 g/mol. The molecule has 1 aromatic heterocycles. The fraction of sp³-hybridized carbons (Fsp3) is 0.500.